The Labute approximate surface area is 139 Å². The van der Waals surface area contributed by atoms with Crippen molar-refractivity contribution in [3.05, 3.63) is 54.2 Å². The number of nitrogens with zero attached hydrogens (tertiary/aromatic N) is 1. The minimum absolute atomic E-state index is 0.177. The van der Waals surface area contributed by atoms with Crippen molar-refractivity contribution in [3.63, 3.8) is 0 Å². The third-order valence-electron chi connectivity index (χ3n) is 3.95. The molecule has 3 rings (SSSR count). The van der Waals surface area contributed by atoms with E-state index in [9.17, 15) is 17.6 Å². The van der Waals surface area contributed by atoms with Gasteiger partial charge in [0.15, 0.2) is 0 Å². The summed E-state index contributed by atoms with van der Waals surface area (Å²) in [5.74, 6) is -0.659. The molecule has 2 aromatic rings. The average molecular weight is 352 g/mol. The van der Waals surface area contributed by atoms with Crippen molar-refractivity contribution in [1.29, 1.82) is 0 Å². The zero-order valence-electron chi connectivity index (χ0n) is 12.8. The summed E-state index contributed by atoms with van der Waals surface area (Å²) in [5, 5.41) is 2.66. The summed E-state index contributed by atoms with van der Waals surface area (Å²) in [6.07, 6.45) is 2.44. The Bertz CT molecular complexity index is 820. The van der Waals surface area contributed by atoms with Crippen LogP contribution in [0.25, 0.3) is 0 Å². The zero-order valence-corrected chi connectivity index (χ0v) is 13.6. The van der Waals surface area contributed by atoms with E-state index in [4.69, 9.17) is 4.42 Å². The van der Waals surface area contributed by atoms with E-state index in [1.165, 1.54) is 24.5 Å². The van der Waals surface area contributed by atoms with Gasteiger partial charge in [-0.05, 0) is 37.1 Å². The fourth-order valence-corrected chi connectivity index (χ4v) is 4.50. The number of carbonyl (C=O) groups excluding carboxylic acids is 1. The standard InChI is InChI=1S/C16H17FN2O4S/c17-13-6-1-2-8-15(13)24(21,22)19-9-3-7-14(19)16(20)18-11-12-5-4-10-23-12/h1-2,4-6,8,10,14H,3,7,9,11H2,(H,18,20). The van der Waals surface area contributed by atoms with Crippen LogP contribution in [0.4, 0.5) is 4.39 Å². The van der Waals surface area contributed by atoms with Gasteiger partial charge in [-0.25, -0.2) is 12.8 Å². The number of sulfonamides is 1. The smallest absolute Gasteiger partial charge is 0.246 e. The quantitative estimate of drug-likeness (QED) is 0.891. The molecule has 1 amide bonds. The Morgan fingerprint density at radius 2 is 2.08 bits per heavy atom. The second-order valence-corrected chi connectivity index (χ2v) is 7.36. The number of halogens is 1. The van der Waals surface area contributed by atoms with Gasteiger partial charge >= 0.3 is 0 Å². The van der Waals surface area contributed by atoms with E-state index in [2.05, 4.69) is 5.32 Å². The molecule has 1 aliphatic heterocycles. The molecule has 0 radical (unpaired) electrons. The predicted molar refractivity (Wildman–Crippen MR) is 83.9 cm³/mol. The van der Waals surface area contributed by atoms with Crippen LogP contribution in [0.15, 0.2) is 52.0 Å². The van der Waals surface area contributed by atoms with Gasteiger partial charge in [-0.2, -0.15) is 4.31 Å². The number of nitrogens with one attached hydrogen (secondary N) is 1. The largest absolute Gasteiger partial charge is 0.467 e. The third kappa shape index (κ3) is 3.20. The molecular formula is C16H17FN2O4S. The van der Waals surface area contributed by atoms with E-state index in [1.807, 2.05) is 0 Å². The van der Waals surface area contributed by atoms with Crippen LogP contribution in [0, 0.1) is 5.82 Å². The van der Waals surface area contributed by atoms with Crippen molar-refractivity contribution in [2.75, 3.05) is 6.54 Å². The summed E-state index contributed by atoms with van der Waals surface area (Å²) in [4.78, 5) is 12.0. The molecule has 1 aromatic heterocycles. The van der Waals surface area contributed by atoms with Gasteiger partial charge in [-0.1, -0.05) is 12.1 Å². The van der Waals surface area contributed by atoms with Gasteiger partial charge in [0.05, 0.1) is 12.8 Å². The Hall–Kier alpha value is -2.19. The van der Waals surface area contributed by atoms with E-state index >= 15 is 0 Å². The molecule has 1 aliphatic rings. The molecule has 8 heteroatoms. The fourth-order valence-electron chi connectivity index (χ4n) is 2.78. The fraction of sp³-hybridized carbons (Fsp3) is 0.312. The molecule has 0 saturated carbocycles. The second-order valence-electron chi connectivity index (χ2n) is 5.50. The lowest BCUT2D eigenvalue weighted by Gasteiger charge is -2.23. The van der Waals surface area contributed by atoms with Crippen LogP contribution in [0.5, 0.6) is 0 Å². The minimum Gasteiger partial charge on any atom is -0.467 e. The molecule has 1 saturated heterocycles. The Morgan fingerprint density at radius 3 is 2.79 bits per heavy atom. The van der Waals surface area contributed by atoms with Crippen LogP contribution in [-0.2, 0) is 21.4 Å². The van der Waals surface area contributed by atoms with E-state index in [1.54, 1.807) is 12.1 Å². The Balaban J connectivity index is 1.77. The first-order valence-electron chi connectivity index (χ1n) is 7.56. The van der Waals surface area contributed by atoms with Gasteiger partial charge in [0, 0.05) is 6.54 Å². The lowest BCUT2D eigenvalue weighted by molar-refractivity contribution is -0.124. The van der Waals surface area contributed by atoms with Gasteiger partial charge in [0.1, 0.15) is 22.5 Å². The highest BCUT2D eigenvalue weighted by Crippen LogP contribution is 2.27. The number of furan rings is 1. The number of hydrogen-bond donors (Lipinski definition) is 1. The summed E-state index contributed by atoms with van der Waals surface area (Å²) >= 11 is 0. The molecule has 0 spiro atoms. The van der Waals surface area contributed by atoms with Gasteiger partial charge in [-0.3, -0.25) is 4.79 Å². The van der Waals surface area contributed by atoms with Gasteiger partial charge in [-0.15, -0.1) is 0 Å². The highest BCUT2D eigenvalue weighted by atomic mass is 32.2. The first kappa shape index (κ1) is 16.7. The topological polar surface area (TPSA) is 79.6 Å². The maximum atomic E-state index is 13.9. The Kier molecular flexibility index (Phi) is 4.68. The van der Waals surface area contributed by atoms with Crippen molar-refractivity contribution < 1.29 is 22.0 Å². The van der Waals surface area contributed by atoms with Crippen molar-refractivity contribution in [3.8, 4) is 0 Å². The molecule has 24 heavy (non-hydrogen) atoms. The van der Waals surface area contributed by atoms with E-state index < -0.39 is 32.7 Å². The van der Waals surface area contributed by atoms with Crippen molar-refractivity contribution in [1.82, 2.24) is 9.62 Å². The average Bonchev–Trinajstić information content (AvgIpc) is 3.24. The van der Waals surface area contributed by atoms with E-state index in [-0.39, 0.29) is 13.1 Å². The molecule has 1 atom stereocenters. The normalized spacial score (nSPS) is 18.6. The molecule has 1 N–H and O–H groups in total. The summed E-state index contributed by atoms with van der Waals surface area (Å²) in [6, 6.07) is 7.75. The highest BCUT2D eigenvalue weighted by molar-refractivity contribution is 7.89. The molecule has 0 aliphatic carbocycles. The second kappa shape index (κ2) is 6.74. The van der Waals surface area contributed by atoms with E-state index in [0.717, 1.165) is 10.4 Å². The number of rotatable bonds is 5. The van der Waals surface area contributed by atoms with Crippen molar-refractivity contribution in [2.45, 2.75) is 30.3 Å². The summed E-state index contributed by atoms with van der Waals surface area (Å²) in [7, 11) is -4.06. The molecule has 6 nitrogen and oxygen atoms in total. The lowest BCUT2D eigenvalue weighted by Crippen LogP contribution is -2.45. The predicted octanol–water partition coefficient (Wildman–Crippen LogP) is 1.89. The van der Waals surface area contributed by atoms with Crippen molar-refractivity contribution in [2.24, 2.45) is 0 Å². The highest BCUT2D eigenvalue weighted by Gasteiger charge is 2.40. The number of carbonyl (C=O) groups is 1. The minimum atomic E-state index is -4.06. The summed E-state index contributed by atoms with van der Waals surface area (Å²) in [5.41, 5.74) is 0. The monoisotopic (exact) mass is 352 g/mol. The van der Waals surface area contributed by atoms with Gasteiger partial charge in [0.25, 0.3) is 0 Å². The maximum absolute atomic E-state index is 13.9. The first-order valence-corrected chi connectivity index (χ1v) is 9.00. The maximum Gasteiger partial charge on any atom is 0.246 e. The van der Waals surface area contributed by atoms with Crippen LogP contribution in [0.3, 0.4) is 0 Å². The number of benzene rings is 1. The molecule has 1 aromatic carbocycles. The van der Waals surface area contributed by atoms with Crippen molar-refractivity contribution >= 4 is 15.9 Å². The van der Waals surface area contributed by atoms with Crippen LogP contribution in [0.2, 0.25) is 0 Å². The van der Waals surface area contributed by atoms with Crippen LogP contribution in [0.1, 0.15) is 18.6 Å². The summed E-state index contributed by atoms with van der Waals surface area (Å²) in [6.45, 7) is 0.366. The number of amides is 1. The molecular weight excluding hydrogens is 335 g/mol. The first-order chi connectivity index (χ1) is 11.5. The van der Waals surface area contributed by atoms with Crippen LogP contribution in [-0.4, -0.2) is 31.2 Å². The lowest BCUT2D eigenvalue weighted by atomic mass is 10.2. The van der Waals surface area contributed by atoms with E-state index in [0.29, 0.717) is 18.6 Å². The zero-order chi connectivity index (χ0) is 17.2. The summed E-state index contributed by atoms with van der Waals surface area (Å²) < 4.78 is 45.5. The third-order valence-corrected chi connectivity index (χ3v) is 5.89. The molecule has 128 valence electrons. The van der Waals surface area contributed by atoms with Gasteiger partial charge < -0.3 is 9.73 Å². The Morgan fingerprint density at radius 1 is 1.29 bits per heavy atom. The number of hydrogen-bond acceptors (Lipinski definition) is 4. The van der Waals surface area contributed by atoms with Crippen LogP contribution < -0.4 is 5.32 Å². The molecule has 0 bridgehead atoms. The van der Waals surface area contributed by atoms with Gasteiger partial charge in [0.2, 0.25) is 15.9 Å². The van der Waals surface area contributed by atoms with Crippen LogP contribution >= 0.6 is 0 Å². The molecule has 1 unspecified atom stereocenters. The molecule has 2 heterocycles. The molecule has 1 fully saturated rings. The SMILES string of the molecule is O=C(NCc1ccco1)C1CCCN1S(=O)(=O)c1ccccc1F.